The summed E-state index contributed by atoms with van der Waals surface area (Å²) in [6.07, 6.45) is 0.722. The van der Waals surface area contributed by atoms with Crippen molar-refractivity contribution in [2.75, 3.05) is 10.6 Å². The van der Waals surface area contributed by atoms with Gasteiger partial charge in [0.05, 0.1) is 16.0 Å². The van der Waals surface area contributed by atoms with Crippen molar-refractivity contribution < 1.29 is 14.0 Å². The molecule has 3 N–H and O–H groups in total. The molecule has 0 aliphatic carbocycles. The van der Waals surface area contributed by atoms with E-state index >= 15 is 0 Å². The van der Waals surface area contributed by atoms with Gasteiger partial charge in [-0.3, -0.25) is 19.4 Å². The van der Waals surface area contributed by atoms with Crippen LogP contribution in [-0.4, -0.2) is 32.2 Å². The minimum atomic E-state index is -0.597. The van der Waals surface area contributed by atoms with Crippen LogP contribution in [0.15, 0.2) is 52.4 Å². The number of carbonyl (C=O) groups excluding carboxylic acids is 2. The molecular formula is C22H21ClFN5O3S. The van der Waals surface area contributed by atoms with E-state index in [1.54, 1.807) is 38.1 Å². The minimum Gasteiger partial charge on any atom is -0.325 e. The van der Waals surface area contributed by atoms with E-state index in [2.05, 4.69) is 25.8 Å². The van der Waals surface area contributed by atoms with Gasteiger partial charge in [-0.15, -0.1) is 10.2 Å². The summed E-state index contributed by atoms with van der Waals surface area (Å²) in [4.78, 5) is 39.8. The van der Waals surface area contributed by atoms with Gasteiger partial charge < -0.3 is 10.6 Å². The lowest BCUT2D eigenvalue weighted by Crippen LogP contribution is -2.25. The molecule has 2 amide bonds. The Hall–Kier alpha value is -3.24. The zero-order valence-electron chi connectivity index (χ0n) is 17.8. The fourth-order valence-corrected chi connectivity index (χ4v) is 3.86. The van der Waals surface area contributed by atoms with E-state index in [9.17, 15) is 18.8 Å². The standard InChI is InChI=1S/C22H21ClFN5O3S/c1-3-17(20(31)25-12-9-10-15(24)14(23)11-12)33-22-27-21(32)19(28-29-22)13-7-5-6-8-16(13)26-18(30)4-2/h5-11,17H,3-4H2,1-2H3,(H,25,31)(H,26,30)(H,27,29,32)/t17-/m1/s1. The van der Waals surface area contributed by atoms with Crippen LogP contribution in [0.5, 0.6) is 0 Å². The number of benzene rings is 2. The molecule has 2 aromatic carbocycles. The maximum Gasteiger partial charge on any atom is 0.278 e. The lowest BCUT2D eigenvalue weighted by atomic mass is 10.1. The van der Waals surface area contributed by atoms with Gasteiger partial charge in [-0.25, -0.2) is 4.39 Å². The van der Waals surface area contributed by atoms with Crippen LogP contribution < -0.4 is 16.2 Å². The summed E-state index contributed by atoms with van der Waals surface area (Å²) in [6, 6.07) is 10.7. The summed E-state index contributed by atoms with van der Waals surface area (Å²) in [5, 5.41) is 13.0. The van der Waals surface area contributed by atoms with Crippen LogP contribution in [0.3, 0.4) is 0 Å². The molecule has 8 nitrogen and oxygen atoms in total. The van der Waals surface area contributed by atoms with Gasteiger partial charge in [0.25, 0.3) is 5.56 Å². The van der Waals surface area contributed by atoms with Gasteiger partial charge in [-0.1, -0.05) is 55.4 Å². The van der Waals surface area contributed by atoms with Crippen molar-refractivity contribution in [3.05, 3.63) is 63.7 Å². The predicted molar refractivity (Wildman–Crippen MR) is 127 cm³/mol. The first kappa shape index (κ1) is 24.4. The number of para-hydroxylation sites is 1. The molecule has 0 unspecified atom stereocenters. The number of carbonyl (C=O) groups is 2. The van der Waals surface area contributed by atoms with Gasteiger partial charge in [0.1, 0.15) is 5.82 Å². The van der Waals surface area contributed by atoms with Gasteiger partial charge in [-0.05, 0) is 30.7 Å². The molecule has 1 atom stereocenters. The highest BCUT2D eigenvalue weighted by molar-refractivity contribution is 8.00. The topological polar surface area (TPSA) is 117 Å². The Kier molecular flexibility index (Phi) is 8.18. The fraction of sp³-hybridized carbons (Fsp3) is 0.227. The molecule has 0 fully saturated rings. The second-order valence-corrected chi connectivity index (χ2v) is 8.49. The molecule has 0 saturated heterocycles. The molecule has 1 heterocycles. The van der Waals surface area contributed by atoms with Crippen LogP contribution in [0, 0.1) is 5.82 Å². The maximum absolute atomic E-state index is 13.3. The van der Waals surface area contributed by atoms with Gasteiger partial charge >= 0.3 is 0 Å². The Labute approximate surface area is 198 Å². The van der Waals surface area contributed by atoms with E-state index < -0.39 is 16.6 Å². The van der Waals surface area contributed by atoms with Gasteiger partial charge in [0.2, 0.25) is 11.8 Å². The zero-order valence-corrected chi connectivity index (χ0v) is 19.4. The Morgan fingerprint density at radius 2 is 1.91 bits per heavy atom. The Balaban J connectivity index is 1.78. The molecule has 3 rings (SSSR count). The third kappa shape index (κ3) is 6.17. The molecule has 0 aliphatic heterocycles. The van der Waals surface area contributed by atoms with Crippen molar-refractivity contribution in [3.8, 4) is 11.3 Å². The molecule has 172 valence electrons. The molecule has 0 bridgehead atoms. The average Bonchev–Trinajstić information content (AvgIpc) is 2.80. The van der Waals surface area contributed by atoms with Crippen molar-refractivity contribution in [2.45, 2.75) is 37.1 Å². The molecular weight excluding hydrogens is 469 g/mol. The number of aromatic nitrogens is 3. The van der Waals surface area contributed by atoms with Gasteiger partial charge in [0.15, 0.2) is 10.9 Å². The number of amides is 2. The van der Waals surface area contributed by atoms with Crippen LogP contribution in [-0.2, 0) is 9.59 Å². The molecule has 0 saturated carbocycles. The smallest absolute Gasteiger partial charge is 0.278 e. The highest BCUT2D eigenvalue weighted by Gasteiger charge is 2.21. The highest BCUT2D eigenvalue weighted by atomic mass is 35.5. The SMILES string of the molecule is CCC(=O)Nc1ccccc1-c1nnc(S[C@H](CC)C(=O)Nc2ccc(F)c(Cl)c2)[nH]c1=O. The normalized spacial score (nSPS) is 11.6. The molecule has 11 heteroatoms. The van der Waals surface area contributed by atoms with Crippen LogP contribution in [0.2, 0.25) is 5.02 Å². The molecule has 0 spiro atoms. The second kappa shape index (κ2) is 11.1. The van der Waals surface area contributed by atoms with Crippen molar-refractivity contribution in [1.82, 2.24) is 15.2 Å². The second-order valence-electron chi connectivity index (χ2n) is 6.89. The lowest BCUT2D eigenvalue weighted by Gasteiger charge is -2.14. The number of hydrogen-bond donors (Lipinski definition) is 3. The summed E-state index contributed by atoms with van der Waals surface area (Å²) in [7, 11) is 0. The highest BCUT2D eigenvalue weighted by Crippen LogP contribution is 2.26. The number of anilines is 2. The van der Waals surface area contributed by atoms with Crippen LogP contribution in [0.25, 0.3) is 11.3 Å². The summed E-state index contributed by atoms with van der Waals surface area (Å²) < 4.78 is 13.3. The summed E-state index contributed by atoms with van der Waals surface area (Å²) in [6.45, 7) is 3.53. The van der Waals surface area contributed by atoms with Crippen LogP contribution >= 0.6 is 23.4 Å². The molecule has 1 aromatic heterocycles. The molecule has 0 aliphatic rings. The first-order valence-corrected chi connectivity index (χ1v) is 11.4. The van der Waals surface area contributed by atoms with Gasteiger partial charge in [0, 0.05) is 17.7 Å². The van der Waals surface area contributed by atoms with E-state index in [0.717, 1.165) is 17.8 Å². The number of nitrogens with one attached hydrogen (secondary N) is 3. The number of hydrogen-bond acceptors (Lipinski definition) is 6. The van der Waals surface area contributed by atoms with Crippen molar-refractivity contribution in [3.63, 3.8) is 0 Å². The molecule has 33 heavy (non-hydrogen) atoms. The van der Waals surface area contributed by atoms with E-state index in [-0.39, 0.29) is 34.1 Å². The van der Waals surface area contributed by atoms with E-state index in [0.29, 0.717) is 23.4 Å². The first-order valence-electron chi connectivity index (χ1n) is 10.1. The van der Waals surface area contributed by atoms with Crippen LogP contribution in [0.1, 0.15) is 26.7 Å². The van der Waals surface area contributed by atoms with Gasteiger partial charge in [-0.2, -0.15) is 0 Å². The Bertz CT molecular complexity index is 1240. The first-order chi connectivity index (χ1) is 15.8. The summed E-state index contributed by atoms with van der Waals surface area (Å²) >= 11 is 6.80. The Morgan fingerprint density at radius 1 is 1.15 bits per heavy atom. The number of nitrogens with zero attached hydrogens (tertiary/aromatic N) is 2. The lowest BCUT2D eigenvalue weighted by molar-refractivity contribution is -0.116. The maximum atomic E-state index is 13.3. The number of halogens is 2. The minimum absolute atomic E-state index is 0.0461. The molecule has 0 radical (unpaired) electrons. The van der Waals surface area contributed by atoms with E-state index in [1.807, 2.05) is 0 Å². The summed E-state index contributed by atoms with van der Waals surface area (Å²) in [5.74, 6) is -1.14. The average molecular weight is 490 g/mol. The molecule has 3 aromatic rings. The van der Waals surface area contributed by atoms with Crippen molar-refractivity contribution in [1.29, 1.82) is 0 Å². The number of rotatable bonds is 8. The predicted octanol–water partition coefficient (Wildman–Crippen LogP) is 4.48. The van der Waals surface area contributed by atoms with Crippen LogP contribution in [0.4, 0.5) is 15.8 Å². The third-order valence-electron chi connectivity index (χ3n) is 4.56. The van der Waals surface area contributed by atoms with E-state index in [4.69, 9.17) is 11.6 Å². The fourth-order valence-electron chi connectivity index (χ4n) is 2.84. The largest absolute Gasteiger partial charge is 0.325 e. The van der Waals surface area contributed by atoms with Crippen molar-refractivity contribution >= 4 is 46.6 Å². The third-order valence-corrected chi connectivity index (χ3v) is 6.09. The number of thioether (sulfide) groups is 1. The zero-order chi connectivity index (χ0) is 24.0. The Morgan fingerprint density at radius 3 is 2.58 bits per heavy atom. The summed E-state index contributed by atoms with van der Waals surface area (Å²) in [5.41, 5.74) is 0.776. The number of aromatic amines is 1. The van der Waals surface area contributed by atoms with E-state index in [1.165, 1.54) is 12.1 Å². The number of H-pyrrole nitrogens is 1. The monoisotopic (exact) mass is 489 g/mol. The van der Waals surface area contributed by atoms with Crippen molar-refractivity contribution in [2.24, 2.45) is 0 Å². The quantitative estimate of drug-likeness (QED) is 0.401.